The number of carbonyl (C=O) groups is 2. The van der Waals surface area contributed by atoms with Crippen molar-refractivity contribution in [2.75, 3.05) is 13.2 Å². The van der Waals surface area contributed by atoms with Crippen LogP contribution < -0.4 is 21.5 Å². The molecule has 0 aromatic heterocycles. The van der Waals surface area contributed by atoms with E-state index in [0.29, 0.717) is 6.54 Å². The number of carbonyl (C=O) groups excluding carboxylic acids is 2. The summed E-state index contributed by atoms with van der Waals surface area (Å²) in [4.78, 5) is 24.2. The summed E-state index contributed by atoms with van der Waals surface area (Å²) in [5.41, 5.74) is 6.62. The highest BCUT2D eigenvalue weighted by Gasteiger charge is 2.20. The molecule has 1 heterocycles. The molecular formula is C20H22N6O5S. The first kappa shape index (κ1) is 22.9. The Morgan fingerprint density at radius 1 is 0.906 bits per heavy atom. The number of hydrogen-bond donors (Lipinski definition) is 4. The molecule has 0 atom stereocenters. The third-order valence-corrected chi connectivity index (χ3v) is 5.54. The smallest absolute Gasteiger partial charge is 0.297 e. The number of nitrogens with one attached hydrogen (secondary N) is 4. The Morgan fingerprint density at radius 3 is 2.09 bits per heavy atom. The van der Waals surface area contributed by atoms with Gasteiger partial charge in [-0.25, -0.2) is 0 Å². The molecule has 0 unspecified atom stereocenters. The SMILES string of the molecule is Cc1ccc(S(=O)(=O)OCCNC(=O)C2=NNC(C(=O)NCc3ccccc3)=NN2)cc1. The molecule has 0 saturated carbocycles. The van der Waals surface area contributed by atoms with Gasteiger partial charge in [0.15, 0.2) is 0 Å². The standard InChI is InChI=1S/C20H22N6O5S/c1-14-7-9-16(10-8-14)32(29,30)31-12-11-21-19(27)17-23-25-18(26-24-17)20(28)22-13-15-5-3-2-4-6-15/h2-10H,11-13H2,1H3,(H,21,27)(H,22,28)(H,23,24)(H,25,26). The Kier molecular flexibility index (Phi) is 7.52. The molecule has 0 fully saturated rings. The first-order valence-electron chi connectivity index (χ1n) is 9.59. The highest BCUT2D eigenvalue weighted by atomic mass is 32.2. The van der Waals surface area contributed by atoms with Crippen molar-refractivity contribution < 1.29 is 22.2 Å². The van der Waals surface area contributed by atoms with Gasteiger partial charge in [-0.3, -0.25) is 24.6 Å². The number of amides is 2. The van der Waals surface area contributed by atoms with E-state index in [2.05, 4.69) is 31.7 Å². The molecule has 2 aromatic rings. The summed E-state index contributed by atoms with van der Waals surface area (Å²) in [5, 5.41) is 12.7. The molecule has 3 rings (SSSR count). The predicted octanol–water partition coefficient (Wildman–Crippen LogP) is -0.0473. The molecule has 0 saturated heterocycles. The fourth-order valence-electron chi connectivity index (χ4n) is 2.51. The van der Waals surface area contributed by atoms with Gasteiger partial charge in [-0.15, -0.1) is 10.2 Å². The Balaban J connectivity index is 1.39. The van der Waals surface area contributed by atoms with Crippen molar-refractivity contribution in [2.45, 2.75) is 18.4 Å². The summed E-state index contributed by atoms with van der Waals surface area (Å²) in [7, 11) is -3.92. The van der Waals surface area contributed by atoms with Crippen LogP contribution in [0.15, 0.2) is 69.7 Å². The first-order valence-corrected chi connectivity index (χ1v) is 11.0. The molecule has 11 nitrogen and oxygen atoms in total. The summed E-state index contributed by atoms with van der Waals surface area (Å²) < 4.78 is 29.1. The van der Waals surface area contributed by atoms with Gasteiger partial charge in [-0.2, -0.15) is 8.42 Å². The summed E-state index contributed by atoms with van der Waals surface area (Å²) >= 11 is 0. The monoisotopic (exact) mass is 458 g/mol. The largest absolute Gasteiger partial charge is 0.347 e. The average molecular weight is 459 g/mol. The van der Waals surface area contributed by atoms with Crippen LogP contribution in [0.3, 0.4) is 0 Å². The number of amidine groups is 2. The minimum atomic E-state index is -3.92. The minimum Gasteiger partial charge on any atom is -0.347 e. The Bertz CT molecular complexity index is 1130. The molecule has 4 N–H and O–H groups in total. The molecule has 168 valence electrons. The lowest BCUT2D eigenvalue weighted by Crippen LogP contribution is -2.48. The lowest BCUT2D eigenvalue weighted by molar-refractivity contribution is -0.116. The molecule has 2 aromatic carbocycles. The van der Waals surface area contributed by atoms with E-state index < -0.39 is 21.9 Å². The van der Waals surface area contributed by atoms with E-state index in [4.69, 9.17) is 4.18 Å². The summed E-state index contributed by atoms with van der Waals surface area (Å²) in [6.07, 6.45) is 0. The van der Waals surface area contributed by atoms with Crippen molar-refractivity contribution in [1.82, 2.24) is 21.5 Å². The van der Waals surface area contributed by atoms with Crippen molar-refractivity contribution in [3.8, 4) is 0 Å². The van der Waals surface area contributed by atoms with E-state index in [9.17, 15) is 18.0 Å². The maximum atomic E-state index is 12.1. The zero-order valence-corrected chi connectivity index (χ0v) is 18.0. The molecular weight excluding hydrogens is 436 g/mol. The normalized spacial score (nSPS) is 13.2. The second kappa shape index (κ2) is 10.5. The molecule has 0 spiro atoms. The minimum absolute atomic E-state index is 0.0318. The van der Waals surface area contributed by atoms with Gasteiger partial charge in [-0.1, -0.05) is 48.0 Å². The van der Waals surface area contributed by atoms with Crippen molar-refractivity contribution in [2.24, 2.45) is 10.2 Å². The van der Waals surface area contributed by atoms with Crippen molar-refractivity contribution >= 4 is 33.6 Å². The Hall–Kier alpha value is -3.77. The van der Waals surface area contributed by atoms with Crippen LogP contribution in [-0.2, 0) is 30.4 Å². The third-order valence-electron chi connectivity index (χ3n) is 4.21. The fraction of sp³-hybridized carbons (Fsp3) is 0.200. The molecule has 0 aliphatic carbocycles. The van der Waals surface area contributed by atoms with Crippen LogP contribution >= 0.6 is 0 Å². The predicted molar refractivity (Wildman–Crippen MR) is 117 cm³/mol. The molecule has 0 bridgehead atoms. The zero-order valence-electron chi connectivity index (χ0n) is 17.2. The fourth-order valence-corrected chi connectivity index (χ4v) is 3.41. The van der Waals surface area contributed by atoms with E-state index in [-0.39, 0.29) is 29.7 Å². The quantitative estimate of drug-likeness (QED) is 0.304. The molecule has 1 aliphatic heterocycles. The number of hydrazone groups is 2. The lowest BCUT2D eigenvalue weighted by Gasteiger charge is -2.14. The van der Waals surface area contributed by atoms with Gasteiger partial charge in [0.05, 0.1) is 11.5 Å². The van der Waals surface area contributed by atoms with E-state index in [0.717, 1.165) is 11.1 Å². The van der Waals surface area contributed by atoms with E-state index in [1.165, 1.54) is 12.1 Å². The van der Waals surface area contributed by atoms with Crippen molar-refractivity contribution in [3.63, 3.8) is 0 Å². The second-order valence-corrected chi connectivity index (χ2v) is 8.27. The second-order valence-electron chi connectivity index (χ2n) is 6.66. The molecule has 0 radical (unpaired) electrons. The van der Waals surface area contributed by atoms with Crippen molar-refractivity contribution in [3.05, 3.63) is 65.7 Å². The van der Waals surface area contributed by atoms with Gasteiger partial charge >= 0.3 is 0 Å². The number of aryl methyl sites for hydroxylation is 1. The van der Waals surface area contributed by atoms with Gasteiger partial charge < -0.3 is 10.6 Å². The van der Waals surface area contributed by atoms with Crippen LogP contribution in [0.4, 0.5) is 0 Å². The van der Waals surface area contributed by atoms with Gasteiger partial charge in [-0.05, 0) is 24.6 Å². The van der Waals surface area contributed by atoms with Crippen LogP contribution in [0, 0.1) is 6.92 Å². The molecule has 1 aliphatic rings. The van der Waals surface area contributed by atoms with Gasteiger partial charge in [0.1, 0.15) is 0 Å². The number of benzene rings is 2. The Labute approximate surface area is 185 Å². The summed E-state index contributed by atoms with van der Waals surface area (Å²) in [6.45, 7) is 1.80. The highest BCUT2D eigenvalue weighted by Crippen LogP contribution is 2.12. The van der Waals surface area contributed by atoms with E-state index in [1.807, 2.05) is 37.3 Å². The molecule has 2 amide bonds. The maximum Gasteiger partial charge on any atom is 0.297 e. The zero-order chi connectivity index (χ0) is 23.0. The lowest BCUT2D eigenvalue weighted by atomic mass is 10.2. The topological polar surface area (TPSA) is 150 Å². The maximum absolute atomic E-state index is 12.1. The first-order chi connectivity index (χ1) is 15.3. The van der Waals surface area contributed by atoms with Crippen LogP contribution in [0.1, 0.15) is 11.1 Å². The third kappa shape index (κ3) is 6.36. The molecule has 32 heavy (non-hydrogen) atoms. The average Bonchev–Trinajstić information content (AvgIpc) is 2.81. The van der Waals surface area contributed by atoms with Crippen molar-refractivity contribution in [1.29, 1.82) is 0 Å². The number of rotatable bonds is 9. The van der Waals surface area contributed by atoms with E-state index in [1.54, 1.807) is 12.1 Å². The van der Waals surface area contributed by atoms with Crippen LogP contribution in [-0.4, -0.2) is 45.1 Å². The highest BCUT2D eigenvalue weighted by molar-refractivity contribution is 7.86. The molecule has 12 heteroatoms. The number of nitrogens with zero attached hydrogens (tertiary/aromatic N) is 2. The summed E-state index contributed by atoms with van der Waals surface area (Å²) in [5.74, 6) is -1.45. The van der Waals surface area contributed by atoms with Crippen LogP contribution in [0.25, 0.3) is 0 Å². The number of hydrogen-bond acceptors (Lipinski definition) is 9. The van der Waals surface area contributed by atoms with E-state index >= 15 is 0 Å². The van der Waals surface area contributed by atoms with Gasteiger partial charge in [0.25, 0.3) is 21.9 Å². The summed E-state index contributed by atoms with van der Waals surface area (Å²) in [6, 6.07) is 15.5. The van der Waals surface area contributed by atoms with Gasteiger partial charge in [0, 0.05) is 13.1 Å². The van der Waals surface area contributed by atoms with Crippen LogP contribution in [0.5, 0.6) is 0 Å². The van der Waals surface area contributed by atoms with Gasteiger partial charge in [0.2, 0.25) is 11.7 Å². The Morgan fingerprint density at radius 2 is 1.50 bits per heavy atom. The van der Waals surface area contributed by atoms with Crippen LogP contribution in [0.2, 0.25) is 0 Å².